The summed E-state index contributed by atoms with van der Waals surface area (Å²) in [5.74, 6) is -1.95. The summed E-state index contributed by atoms with van der Waals surface area (Å²) in [6.45, 7) is 0. The zero-order valence-corrected chi connectivity index (χ0v) is 14.6. The summed E-state index contributed by atoms with van der Waals surface area (Å²) in [5.41, 5.74) is 20.4. The number of benzene rings is 1. The van der Waals surface area contributed by atoms with Crippen LogP contribution >= 0.6 is 0 Å². The van der Waals surface area contributed by atoms with E-state index in [2.05, 4.69) is 9.98 Å². The van der Waals surface area contributed by atoms with Crippen molar-refractivity contribution in [1.29, 1.82) is 0 Å². The zero-order valence-electron chi connectivity index (χ0n) is 14.6. The number of aliphatic carboxylic acids is 1. The molecule has 0 amide bonds. The number of H-pyrrole nitrogens is 1. The highest BCUT2D eigenvalue weighted by atomic mass is 16.5. The number of rotatable bonds is 10. The second-order valence-corrected chi connectivity index (χ2v) is 6.24. The van der Waals surface area contributed by atoms with E-state index in [1.165, 1.54) is 0 Å². The Morgan fingerprint density at radius 3 is 2.56 bits per heavy atom. The van der Waals surface area contributed by atoms with Crippen LogP contribution in [0.2, 0.25) is 0 Å². The third kappa shape index (κ3) is 5.26. The molecule has 146 valence electrons. The number of aromatic amines is 1. The minimum Gasteiger partial charge on any atom is -0.480 e. The fraction of sp³-hybridized carbons (Fsp3) is 0.353. The van der Waals surface area contributed by atoms with Gasteiger partial charge in [-0.1, -0.05) is 18.2 Å². The maximum atomic E-state index is 12.7. The molecule has 2 rings (SSSR count). The highest BCUT2D eigenvalue weighted by Gasteiger charge is 2.27. The molecule has 0 saturated carbocycles. The lowest BCUT2D eigenvalue weighted by Gasteiger charge is -2.18. The molecule has 1 aromatic carbocycles. The first kappa shape index (κ1) is 20.4. The molecular weight excluding hydrogens is 352 g/mol. The largest absolute Gasteiger partial charge is 0.480 e. The van der Waals surface area contributed by atoms with Gasteiger partial charge in [-0.15, -0.1) is 0 Å². The number of carboxylic acids is 1. The second kappa shape index (κ2) is 9.12. The number of carboxylic acid groups (broad SMARTS) is 1. The molecule has 1 heterocycles. The lowest BCUT2D eigenvalue weighted by molar-refractivity contribution is -0.142. The molecule has 0 aliphatic rings. The number of Topliss-reactive ketones (excluding diaryl/α,β-unsaturated/α-hetero) is 1. The van der Waals surface area contributed by atoms with Gasteiger partial charge in [0.15, 0.2) is 11.7 Å². The summed E-state index contributed by atoms with van der Waals surface area (Å²) in [4.78, 5) is 30.7. The Labute approximate surface area is 155 Å². The molecule has 0 spiro atoms. The van der Waals surface area contributed by atoms with Crippen molar-refractivity contribution in [3.05, 3.63) is 36.0 Å². The molecule has 1 unspecified atom stereocenters. The topological polar surface area (TPSA) is 193 Å². The van der Waals surface area contributed by atoms with Gasteiger partial charge in [0, 0.05) is 17.1 Å². The van der Waals surface area contributed by atoms with Crippen molar-refractivity contribution in [1.82, 2.24) is 10.5 Å². The highest BCUT2D eigenvalue weighted by Crippen LogP contribution is 2.20. The molecule has 10 heteroatoms. The number of nitrogens with zero attached hydrogens (tertiary/aromatic N) is 1. The number of nitrogens with one attached hydrogen (secondary N) is 2. The standard InChI is InChI=1S/C17H24N6O4/c18-11(7-9-8-21-12-4-2-1-3-10(9)12)15(24)13(22-17(19)20)5-6-14(23-27)16(25)26/h1-4,8,11,13-14,21,23,27H,5-7,18H2,(H,25,26)(H4,19,20,22)/t11-,13?,14-/m0/s1. The smallest absolute Gasteiger partial charge is 0.323 e. The summed E-state index contributed by atoms with van der Waals surface area (Å²) in [6, 6.07) is 4.53. The molecule has 10 nitrogen and oxygen atoms in total. The van der Waals surface area contributed by atoms with E-state index in [-0.39, 0.29) is 25.2 Å². The molecule has 27 heavy (non-hydrogen) atoms. The van der Waals surface area contributed by atoms with Crippen molar-refractivity contribution >= 4 is 28.6 Å². The van der Waals surface area contributed by atoms with Gasteiger partial charge in [0.2, 0.25) is 0 Å². The van der Waals surface area contributed by atoms with Crippen LogP contribution < -0.4 is 22.7 Å². The molecule has 0 saturated heterocycles. The maximum absolute atomic E-state index is 12.7. The van der Waals surface area contributed by atoms with E-state index >= 15 is 0 Å². The van der Waals surface area contributed by atoms with Crippen LogP contribution in [0.25, 0.3) is 10.9 Å². The quantitative estimate of drug-likeness (QED) is 0.163. The SMILES string of the molecule is NC(N)=NC(CC[C@H](NO)C(=O)O)C(=O)[C@@H](N)Cc1c[nH]c2ccccc12. The van der Waals surface area contributed by atoms with E-state index in [1.807, 2.05) is 24.3 Å². The van der Waals surface area contributed by atoms with Gasteiger partial charge in [-0.3, -0.25) is 9.59 Å². The maximum Gasteiger partial charge on any atom is 0.323 e. The van der Waals surface area contributed by atoms with Gasteiger partial charge < -0.3 is 32.5 Å². The fourth-order valence-corrected chi connectivity index (χ4v) is 2.90. The molecule has 0 bridgehead atoms. The van der Waals surface area contributed by atoms with Gasteiger partial charge >= 0.3 is 5.97 Å². The normalized spacial score (nSPS) is 14.4. The van der Waals surface area contributed by atoms with E-state index in [4.69, 9.17) is 27.5 Å². The van der Waals surface area contributed by atoms with Crippen LogP contribution in [-0.4, -0.2) is 51.1 Å². The van der Waals surface area contributed by atoms with E-state index in [0.29, 0.717) is 0 Å². The van der Waals surface area contributed by atoms with Crippen molar-refractivity contribution in [3.63, 3.8) is 0 Å². The molecule has 2 aromatic rings. The van der Waals surface area contributed by atoms with E-state index in [1.54, 1.807) is 11.7 Å². The highest BCUT2D eigenvalue weighted by molar-refractivity contribution is 5.92. The van der Waals surface area contributed by atoms with Gasteiger partial charge in [-0.2, -0.15) is 5.48 Å². The number of para-hydroxylation sites is 1. The number of guanidine groups is 1. The number of aliphatic imine (C=N–C) groups is 1. The molecule has 1 aromatic heterocycles. The fourth-order valence-electron chi connectivity index (χ4n) is 2.90. The third-order valence-electron chi connectivity index (χ3n) is 4.30. The van der Waals surface area contributed by atoms with Crippen LogP contribution in [0.1, 0.15) is 18.4 Å². The first-order chi connectivity index (χ1) is 12.8. The van der Waals surface area contributed by atoms with Crippen LogP contribution in [0.5, 0.6) is 0 Å². The number of nitrogens with two attached hydrogens (primary N) is 3. The van der Waals surface area contributed by atoms with Crippen LogP contribution in [0, 0.1) is 0 Å². The van der Waals surface area contributed by atoms with Crippen molar-refractivity contribution in [2.75, 3.05) is 0 Å². The molecule has 0 fully saturated rings. The number of ketones is 1. The summed E-state index contributed by atoms with van der Waals surface area (Å²) >= 11 is 0. The number of carbonyl (C=O) groups excluding carboxylic acids is 1. The number of hydrogen-bond donors (Lipinski definition) is 7. The average Bonchev–Trinajstić information content (AvgIpc) is 3.03. The van der Waals surface area contributed by atoms with Gasteiger partial charge in [-0.25, -0.2) is 4.99 Å². The number of aromatic nitrogens is 1. The zero-order chi connectivity index (χ0) is 20.0. The minimum absolute atomic E-state index is 0.0167. The summed E-state index contributed by atoms with van der Waals surface area (Å²) in [5, 5.41) is 18.8. The molecule has 0 radical (unpaired) electrons. The van der Waals surface area contributed by atoms with Crippen molar-refractivity contribution in [2.45, 2.75) is 37.4 Å². The predicted octanol–water partition coefficient (Wildman–Crippen LogP) is -0.539. The van der Waals surface area contributed by atoms with Gasteiger partial charge in [0.05, 0.1) is 6.04 Å². The Balaban J connectivity index is 2.11. The second-order valence-electron chi connectivity index (χ2n) is 6.24. The number of hydroxylamine groups is 1. The minimum atomic E-state index is -1.25. The number of fused-ring (bicyclic) bond motifs is 1. The molecular formula is C17H24N6O4. The van der Waals surface area contributed by atoms with Crippen molar-refractivity contribution in [2.24, 2.45) is 22.2 Å². The Morgan fingerprint density at radius 2 is 1.93 bits per heavy atom. The molecule has 0 aliphatic carbocycles. The van der Waals surface area contributed by atoms with Crippen LogP contribution in [0.3, 0.4) is 0 Å². The number of hydrogen-bond acceptors (Lipinski definition) is 6. The third-order valence-corrected chi connectivity index (χ3v) is 4.30. The van der Waals surface area contributed by atoms with Crippen molar-refractivity contribution in [3.8, 4) is 0 Å². The van der Waals surface area contributed by atoms with E-state index in [0.717, 1.165) is 16.5 Å². The van der Waals surface area contributed by atoms with Crippen LogP contribution in [-0.2, 0) is 16.0 Å². The lowest BCUT2D eigenvalue weighted by atomic mass is 9.95. The Morgan fingerprint density at radius 1 is 1.22 bits per heavy atom. The average molecular weight is 376 g/mol. The predicted molar refractivity (Wildman–Crippen MR) is 100 cm³/mol. The number of carbonyl (C=O) groups is 2. The van der Waals surface area contributed by atoms with Crippen molar-refractivity contribution < 1.29 is 19.9 Å². The van der Waals surface area contributed by atoms with E-state index in [9.17, 15) is 9.59 Å². The van der Waals surface area contributed by atoms with Crippen LogP contribution in [0.15, 0.2) is 35.5 Å². The molecule has 10 N–H and O–H groups in total. The lowest BCUT2D eigenvalue weighted by Crippen LogP contribution is -2.42. The summed E-state index contributed by atoms with van der Waals surface area (Å²) in [6.07, 6.45) is 2.03. The van der Waals surface area contributed by atoms with Gasteiger partial charge in [0.1, 0.15) is 12.1 Å². The van der Waals surface area contributed by atoms with Crippen LogP contribution in [0.4, 0.5) is 0 Å². The monoisotopic (exact) mass is 376 g/mol. The van der Waals surface area contributed by atoms with E-state index < -0.39 is 29.9 Å². The Hall–Kier alpha value is -2.95. The first-order valence-electron chi connectivity index (χ1n) is 8.39. The Bertz CT molecular complexity index is 830. The molecule has 0 aliphatic heterocycles. The van der Waals surface area contributed by atoms with Gasteiger partial charge in [0.25, 0.3) is 0 Å². The summed E-state index contributed by atoms with van der Waals surface area (Å²) < 4.78 is 0. The Kier molecular flexibility index (Phi) is 6.88. The first-order valence-corrected chi connectivity index (χ1v) is 8.39. The molecule has 3 atom stereocenters. The van der Waals surface area contributed by atoms with Gasteiger partial charge in [-0.05, 0) is 30.9 Å². The summed E-state index contributed by atoms with van der Waals surface area (Å²) in [7, 11) is 0.